The van der Waals surface area contributed by atoms with Gasteiger partial charge in [-0.1, -0.05) is 132 Å². The van der Waals surface area contributed by atoms with Gasteiger partial charge in [0.05, 0.1) is 18.7 Å². The highest BCUT2D eigenvalue weighted by atomic mass is 32.2. The van der Waals surface area contributed by atoms with Gasteiger partial charge in [0.15, 0.2) is 0 Å². The summed E-state index contributed by atoms with van der Waals surface area (Å²) in [6.45, 7) is 7.32. The SMILES string of the molecule is CCCC[C@H]1C(=O)N2CCC[C@@H]2C(=O)N[C@@H](CC(=O)O)C(=O)N[C@@H](C(C)C)C(=O)N(C)[C@@H](Cc2ccc(F)cc2)C(=O)N[C@@H](CCC(=O)O)C(=O)N2CCC[C@@H]2C(=O)N[C@@H](Cc2c[nH]c3ccccc23)C(=O)N[C@@H](Cc2ccc(O)cc2)C(=O)N[C@@H](CC(C)C)C(=O)N[C@H](C(=O)NCC(N)=O)CSCC(=O)N[C@@H](Cc2ccc(F)cc2)C(=O)N(C)[C@@H](Cc2ccccc2)C(=O)N1C. The van der Waals surface area contributed by atoms with Crippen LogP contribution in [0.1, 0.15) is 133 Å². The number of amides is 15. The van der Waals surface area contributed by atoms with Gasteiger partial charge in [0.1, 0.15) is 95.9 Å². The highest BCUT2D eigenvalue weighted by Crippen LogP contribution is 2.28. The Hall–Kier alpha value is -13.4. The van der Waals surface area contributed by atoms with E-state index in [-0.39, 0.29) is 88.6 Å². The molecule has 13 atom stereocenters. The van der Waals surface area contributed by atoms with Gasteiger partial charge in [0.25, 0.3) is 0 Å². The fourth-order valence-electron chi connectivity index (χ4n) is 16.4. The molecule has 0 unspecified atom stereocenters. The Bertz CT molecular complexity index is 5130. The quantitative estimate of drug-likeness (QED) is 0.0414. The van der Waals surface area contributed by atoms with E-state index < -0.39 is 246 Å². The van der Waals surface area contributed by atoms with E-state index in [1.807, 2.05) is 6.92 Å². The number of rotatable bonds is 24. The molecule has 0 radical (unpaired) electrons. The number of hydrogen-bond donors (Lipinski definition) is 14. The first-order valence-electron chi connectivity index (χ1n) is 44.1. The number of nitrogens with one attached hydrogen (secondary N) is 10. The second kappa shape index (κ2) is 48.5. The van der Waals surface area contributed by atoms with E-state index >= 15 is 47.9 Å². The molecule has 15 N–H and O–H groups in total. The summed E-state index contributed by atoms with van der Waals surface area (Å²) in [5.41, 5.74) is 8.05. The van der Waals surface area contributed by atoms with Crippen molar-refractivity contribution < 1.29 is 106 Å². The van der Waals surface area contributed by atoms with Crippen LogP contribution in [-0.4, -0.2) is 276 Å². The van der Waals surface area contributed by atoms with Crippen molar-refractivity contribution in [1.29, 1.82) is 0 Å². The third-order valence-corrected chi connectivity index (χ3v) is 24.6. The molecule has 710 valence electrons. The van der Waals surface area contributed by atoms with E-state index in [1.54, 1.807) is 74.6 Å². The number of para-hydroxylation sites is 1. The number of benzene rings is 5. The lowest BCUT2D eigenvalue weighted by Gasteiger charge is -2.38. The van der Waals surface area contributed by atoms with Crippen LogP contribution < -0.4 is 53.6 Å². The predicted molar refractivity (Wildman–Crippen MR) is 481 cm³/mol. The number of nitrogens with zero attached hydrogens (tertiary/aromatic N) is 5. The average molecular weight is 1850 g/mol. The molecular weight excluding hydrogens is 1730 g/mol. The van der Waals surface area contributed by atoms with E-state index in [0.29, 0.717) is 46.0 Å². The highest BCUT2D eigenvalue weighted by molar-refractivity contribution is 8.00. The number of primary amides is 1. The number of likely N-dealkylation sites (N-methyl/N-ethyl adjacent to an activating group) is 3. The molecule has 3 fully saturated rings. The smallest absolute Gasteiger partial charge is 0.305 e. The normalized spacial score (nSPS) is 23.7. The van der Waals surface area contributed by atoms with Crippen LogP contribution in [0.3, 0.4) is 0 Å². The maximum Gasteiger partial charge on any atom is 0.305 e. The van der Waals surface area contributed by atoms with Crippen molar-refractivity contribution in [1.82, 2.24) is 77.3 Å². The minimum Gasteiger partial charge on any atom is -0.508 e. The first-order valence-corrected chi connectivity index (χ1v) is 45.2. The van der Waals surface area contributed by atoms with E-state index in [0.717, 1.165) is 55.6 Å². The lowest BCUT2D eigenvalue weighted by molar-refractivity contribution is -0.152. The van der Waals surface area contributed by atoms with Crippen molar-refractivity contribution in [3.8, 4) is 5.75 Å². The first-order chi connectivity index (χ1) is 62.8. The number of unbranched alkanes of at least 4 members (excludes halogenated alkanes) is 1. The summed E-state index contributed by atoms with van der Waals surface area (Å²) in [6.07, 6.45) is -1.47. The average Bonchev–Trinajstić information content (AvgIpc) is 1.48. The van der Waals surface area contributed by atoms with Crippen molar-refractivity contribution in [3.63, 3.8) is 0 Å². The maximum atomic E-state index is 15.7. The molecule has 3 aliphatic rings. The third kappa shape index (κ3) is 28.8. The number of carbonyl (C=O) groups is 17. The Morgan fingerprint density at radius 1 is 0.500 bits per heavy atom. The van der Waals surface area contributed by atoms with E-state index in [9.17, 15) is 57.7 Å². The maximum absolute atomic E-state index is 15.7. The van der Waals surface area contributed by atoms with Crippen molar-refractivity contribution in [2.24, 2.45) is 17.6 Å². The van der Waals surface area contributed by atoms with Gasteiger partial charge < -0.3 is 98.4 Å². The Kier molecular flexibility index (Phi) is 37.6. The number of aromatic nitrogens is 1. The molecule has 0 aliphatic carbocycles. The zero-order valence-corrected chi connectivity index (χ0v) is 75.8. The number of carbonyl (C=O) groups excluding carboxylic acids is 15. The fraction of sp³-hybridized carbons (Fsp3) is 0.473. The number of thioether (sulfide) groups is 1. The molecule has 15 amide bonds. The number of aromatic hydroxyl groups is 1. The van der Waals surface area contributed by atoms with Gasteiger partial charge in [-0.15, -0.1) is 11.8 Å². The molecule has 36 nitrogen and oxygen atoms in total. The van der Waals surface area contributed by atoms with Crippen LogP contribution in [0, 0.1) is 23.5 Å². The van der Waals surface area contributed by atoms with Crippen LogP contribution in [0.4, 0.5) is 8.78 Å². The number of aromatic amines is 1. The summed E-state index contributed by atoms with van der Waals surface area (Å²) in [5.74, 6) is -21.1. The van der Waals surface area contributed by atoms with Crippen LogP contribution in [0.15, 0.2) is 134 Å². The Balaban J connectivity index is 1.13. The summed E-state index contributed by atoms with van der Waals surface area (Å²) in [4.78, 5) is 258. The van der Waals surface area contributed by atoms with Crippen LogP contribution in [0.5, 0.6) is 5.75 Å². The summed E-state index contributed by atoms with van der Waals surface area (Å²) < 4.78 is 29.3. The molecule has 1 aromatic heterocycles. The molecule has 0 saturated carbocycles. The topological polar surface area (TPSA) is 517 Å². The number of nitrogens with two attached hydrogens (primary N) is 1. The van der Waals surface area contributed by atoms with Crippen molar-refractivity contribution in [2.45, 2.75) is 216 Å². The number of carboxylic acid groups (broad SMARTS) is 2. The standard InChI is InChI=1S/C93H118F2N16O20S/c1-9-10-22-73-92(130)111-40-17-24-72(111)87(125)104-68(47-79(117)118)85(123)106-80(53(4)5)93(131)108(7)74(44-57-27-33-60(95)34-28-57)88(126)100-64(37-38-78(115)116)90(128)110-39-16-23-71(110)86(124)103-67(46-58-48-97-63-21-15-14-20-62(58)63)84(122)102-66(42-56-29-35-61(112)36-30-56)83(121)101-65(41-52(2)3)82(120)105-70(81(119)98-49-76(96)113)50-132-51-77(114)99-69(43-55-25-31-59(94)32-26-55)89(127)109(8)75(91(129)107(73)6)45-54-18-12-11-13-19-54/h11-15,18-21,25-36,48,52-53,64-75,80,97,112H,9-10,16-17,22-24,37-47,49-51H2,1-8H3,(H2,96,113)(H,98,119)(H,99,114)(H,100,126)(H,101,121)(H,102,122)(H,103,124)(H,104,125)(H,105,120)(H,106,123)(H,115,116)(H,117,118)/t64-,65-,66-,67-,68-,69-,70-,71+,72+,73-,74-,75-,80-/m0/s1. The fourth-order valence-corrected chi connectivity index (χ4v) is 17.2. The second-order valence-corrected chi connectivity index (χ2v) is 35.3. The molecule has 39 heteroatoms. The van der Waals surface area contributed by atoms with Gasteiger partial charge in [-0.25, -0.2) is 8.78 Å². The third-order valence-electron chi connectivity index (χ3n) is 23.6. The van der Waals surface area contributed by atoms with E-state index in [4.69, 9.17) is 5.73 Å². The minimum atomic E-state index is -1.96. The molecule has 4 heterocycles. The lowest BCUT2D eigenvalue weighted by Crippen LogP contribution is -2.62. The zero-order chi connectivity index (χ0) is 96.3. The summed E-state index contributed by atoms with van der Waals surface area (Å²) in [6, 6.07) is 10.1. The number of aliphatic carboxylic acids is 2. The van der Waals surface area contributed by atoms with E-state index in [2.05, 4.69) is 52.8 Å². The number of H-pyrrole nitrogens is 1. The summed E-state index contributed by atoms with van der Waals surface area (Å²) in [5, 5.41) is 55.2. The van der Waals surface area contributed by atoms with Gasteiger partial charge in [-0.05, 0) is 127 Å². The Labute approximate surface area is 766 Å². The largest absolute Gasteiger partial charge is 0.508 e. The van der Waals surface area contributed by atoms with E-state index in [1.165, 1.54) is 88.4 Å². The molecule has 5 aromatic carbocycles. The zero-order valence-electron chi connectivity index (χ0n) is 75.0. The minimum absolute atomic E-state index is 0.00271. The number of phenols is 1. The monoisotopic (exact) mass is 1850 g/mol. The number of carboxylic acids is 2. The van der Waals surface area contributed by atoms with Crippen LogP contribution in [-0.2, 0) is 114 Å². The molecule has 3 saturated heterocycles. The number of fused-ring (bicyclic) bond motifs is 3. The number of phenolic OH excluding ortho intramolecular Hbond substituents is 1. The first kappa shape index (κ1) is 102. The van der Waals surface area contributed by atoms with Gasteiger partial charge in [-0.2, -0.15) is 0 Å². The summed E-state index contributed by atoms with van der Waals surface area (Å²) in [7, 11) is 3.84. The van der Waals surface area contributed by atoms with Crippen molar-refractivity contribution in [3.05, 3.63) is 173 Å². The molecule has 132 heavy (non-hydrogen) atoms. The molecule has 9 rings (SSSR count). The molecule has 0 spiro atoms. The predicted octanol–water partition coefficient (Wildman–Crippen LogP) is 2.59. The second-order valence-electron chi connectivity index (χ2n) is 34.3. The van der Waals surface area contributed by atoms with Crippen LogP contribution in [0.2, 0.25) is 0 Å². The highest BCUT2D eigenvalue weighted by Gasteiger charge is 2.46. The number of hydrogen-bond acceptors (Lipinski definition) is 19. The van der Waals surface area contributed by atoms with Crippen molar-refractivity contribution >= 4 is 123 Å². The summed E-state index contributed by atoms with van der Waals surface area (Å²) >= 11 is 0.775. The van der Waals surface area contributed by atoms with Crippen LogP contribution >= 0.6 is 11.8 Å². The van der Waals surface area contributed by atoms with Gasteiger partial charge in [0.2, 0.25) is 88.6 Å². The van der Waals surface area contributed by atoms with Gasteiger partial charge >= 0.3 is 11.9 Å². The molecule has 6 aromatic rings. The van der Waals surface area contributed by atoms with Gasteiger partial charge in [-0.3, -0.25) is 81.5 Å². The van der Waals surface area contributed by atoms with Gasteiger partial charge in [0, 0.05) is 95.6 Å². The lowest BCUT2D eigenvalue weighted by atomic mass is 9.98. The van der Waals surface area contributed by atoms with Crippen molar-refractivity contribution in [2.75, 3.05) is 52.3 Å². The Morgan fingerprint density at radius 2 is 1.00 bits per heavy atom. The van der Waals surface area contributed by atoms with Crippen LogP contribution in [0.25, 0.3) is 10.9 Å². The Morgan fingerprint density at radius 3 is 1.58 bits per heavy atom. The molecular formula is C93H118F2N16O20S. The number of halogens is 2. The molecule has 3 aliphatic heterocycles. The molecule has 0 bridgehead atoms.